The maximum atomic E-state index is 13.4. The summed E-state index contributed by atoms with van der Waals surface area (Å²) in [4.78, 5) is 41.9. The van der Waals surface area contributed by atoms with Gasteiger partial charge in [-0.3, -0.25) is 19.4 Å². The molecule has 0 spiro atoms. The van der Waals surface area contributed by atoms with Crippen LogP contribution in [0, 0.1) is 5.92 Å². The van der Waals surface area contributed by atoms with Crippen LogP contribution in [0.2, 0.25) is 0 Å². The van der Waals surface area contributed by atoms with Gasteiger partial charge in [-0.15, -0.1) is 0 Å². The van der Waals surface area contributed by atoms with E-state index in [0.29, 0.717) is 18.5 Å². The number of hydrogen-bond acceptors (Lipinski definition) is 4. The van der Waals surface area contributed by atoms with Crippen molar-refractivity contribution in [1.29, 1.82) is 0 Å². The summed E-state index contributed by atoms with van der Waals surface area (Å²) in [5.41, 5.74) is 6.06. The molecule has 0 radical (unpaired) electrons. The first-order valence-corrected chi connectivity index (χ1v) is 9.28. The van der Waals surface area contributed by atoms with Crippen LogP contribution in [-0.4, -0.2) is 40.2 Å². The van der Waals surface area contributed by atoms with Crippen molar-refractivity contribution in [3.8, 4) is 0 Å². The van der Waals surface area contributed by atoms with Crippen LogP contribution in [0.3, 0.4) is 0 Å². The molecule has 1 aliphatic heterocycles. The maximum absolute atomic E-state index is 13.4. The number of primary amides is 1. The monoisotopic (exact) mass is 400 g/mol. The first-order valence-electron chi connectivity index (χ1n) is 9.28. The van der Waals surface area contributed by atoms with Gasteiger partial charge >= 0.3 is 11.8 Å². The van der Waals surface area contributed by atoms with Crippen molar-refractivity contribution in [3.63, 3.8) is 0 Å². The van der Waals surface area contributed by atoms with Gasteiger partial charge in [-0.25, -0.2) is 4.39 Å². The minimum Gasteiger partial charge on any atom is -0.366 e. The molecular weight excluding hydrogens is 375 g/mol. The maximum Gasteiger partial charge on any atom is 0.313 e. The van der Waals surface area contributed by atoms with E-state index in [0.717, 1.165) is 6.42 Å². The van der Waals surface area contributed by atoms with E-state index < -0.39 is 29.6 Å². The molecule has 0 saturated carbocycles. The van der Waals surface area contributed by atoms with Crippen LogP contribution < -0.4 is 11.1 Å². The molecule has 154 valence electrons. The summed E-state index contributed by atoms with van der Waals surface area (Å²) < 4.78 is 13.4. The third kappa shape index (κ3) is 5.84. The molecule has 3 amide bonds. The highest BCUT2D eigenvalue weighted by Crippen LogP contribution is 2.27. The molecule has 1 aliphatic rings. The lowest BCUT2D eigenvalue weighted by Crippen LogP contribution is -2.50. The van der Waals surface area contributed by atoms with E-state index in [1.54, 1.807) is 6.92 Å². The molecule has 2 atom stereocenters. The zero-order valence-corrected chi connectivity index (χ0v) is 16.5. The Kier molecular flexibility index (Phi) is 7.41. The average Bonchev–Trinajstić information content (AvgIpc) is 2.71. The quantitative estimate of drug-likeness (QED) is 0.585. The predicted octanol–water partition coefficient (Wildman–Crippen LogP) is 2.73. The van der Waals surface area contributed by atoms with Gasteiger partial charge in [-0.1, -0.05) is 25.7 Å². The zero-order valence-electron chi connectivity index (χ0n) is 16.5. The second-order valence-corrected chi connectivity index (χ2v) is 7.02. The van der Waals surface area contributed by atoms with Crippen LogP contribution in [0.5, 0.6) is 0 Å². The molecule has 1 fully saturated rings. The number of halogens is 1. The fraction of sp³-hybridized carbons (Fsp3) is 0.333. The molecule has 8 heteroatoms. The lowest BCUT2D eigenvalue weighted by atomic mass is 9.90. The van der Waals surface area contributed by atoms with Gasteiger partial charge in [0.1, 0.15) is 5.83 Å². The Labute approximate surface area is 169 Å². The van der Waals surface area contributed by atoms with Gasteiger partial charge in [-0.2, -0.15) is 0 Å². The third-order valence-corrected chi connectivity index (χ3v) is 4.71. The number of carbonyl (C=O) groups is 3. The number of amides is 3. The van der Waals surface area contributed by atoms with Crippen molar-refractivity contribution >= 4 is 23.4 Å². The molecule has 2 rings (SSSR count). The highest BCUT2D eigenvalue weighted by Gasteiger charge is 2.34. The van der Waals surface area contributed by atoms with Gasteiger partial charge in [0, 0.05) is 12.7 Å². The number of hydrogen-bond donors (Lipinski definition) is 2. The number of nitrogens with zero attached hydrogens (tertiary/aromatic N) is 2. The summed E-state index contributed by atoms with van der Waals surface area (Å²) in [6.07, 6.45) is 8.19. The first-order chi connectivity index (χ1) is 13.7. The Hall–Kier alpha value is -3.29. The summed E-state index contributed by atoms with van der Waals surface area (Å²) >= 11 is 0. The van der Waals surface area contributed by atoms with Gasteiger partial charge < -0.3 is 16.0 Å². The van der Waals surface area contributed by atoms with Crippen LogP contribution in [0.4, 0.5) is 10.1 Å². The molecule has 0 aliphatic carbocycles. The standard InChI is InChI=1S/C21H25FN4O3/c1-4-16(22)7-6-14(3)18-8-5-13(2)12-26(18)21(29)20(28)25-17-9-15(19(23)27)10-24-11-17/h4,6-7,9-11,13,18H,3,5,8,12H2,1-2H3,(H2,23,27)(H,25,28)/b7-6-,16-4+/t13-,18+/m1/s1. The second kappa shape index (κ2) is 9.77. The van der Waals surface area contributed by atoms with Crippen molar-refractivity contribution in [2.45, 2.75) is 32.7 Å². The highest BCUT2D eigenvalue weighted by atomic mass is 19.1. The van der Waals surface area contributed by atoms with Gasteiger partial charge in [0.15, 0.2) is 0 Å². The lowest BCUT2D eigenvalue weighted by Gasteiger charge is -2.38. The number of aromatic nitrogens is 1. The van der Waals surface area contributed by atoms with E-state index in [4.69, 9.17) is 5.73 Å². The van der Waals surface area contributed by atoms with Gasteiger partial charge in [0.25, 0.3) is 0 Å². The molecule has 0 bridgehead atoms. The summed E-state index contributed by atoms with van der Waals surface area (Å²) in [5.74, 6) is -2.48. The van der Waals surface area contributed by atoms with Crippen molar-refractivity contribution in [2.75, 3.05) is 11.9 Å². The number of rotatable bonds is 5. The Balaban J connectivity index is 2.16. The number of piperidine rings is 1. The van der Waals surface area contributed by atoms with Crippen LogP contribution in [0.15, 0.2) is 54.7 Å². The van der Waals surface area contributed by atoms with E-state index in [9.17, 15) is 18.8 Å². The van der Waals surface area contributed by atoms with E-state index in [1.165, 1.54) is 41.6 Å². The number of anilines is 1. The smallest absolute Gasteiger partial charge is 0.313 e. The van der Waals surface area contributed by atoms with Crippen LogP contribution in [0.1, 0.15) is 37.0 Å². The topological polar surface area (TPSA) is 105 Å². The molecule has 29 heavy (non-hydrogen) atoms. The molecule has 1 aromatic heterocycles. The molecular formula is C21H25FN4O3. The number of carbonyl (C=O) groups excluding carboxylic acids is 3. The number of pyridine rings is 1. The molecule has 3 N–H and O–H groups in total. The summed E-state index contributed by atoms with van der Waals surface area (Å²) in [5, 5.41) is 2.45. The summed E-state index contributed by atoms with van der Waals surface area (Å²) in [6, 6.07) is 0.943. The fourth-order valence-electron chi connectivity index (χ4n) is 3.11. The Morgan fingerprint density at radius 2 is 2.03 bits per heavy atom. The number of likely N-dealkylation sites (tertiary alicyclic amines) is 1. The van der Waals surface area contributed by atoms with E-state index >= 15 is 0 Å². The number of nitrogens with two attached hydrogens (primary N) is 1. The van der Waals surface area contributed by atoms with Gasteiger partial charge in [0.2, 0.25) is 5.91 Å². The second-order valence-electron chi connectivity index (χ2n) is 7.02. The Bertz CT molecular complexity index is 878. The normalized spacial score (nSPS) is 19.8. The SMILES string of the molecule is C=C(/C=C\C(F)=C/C)[C@@H]1CC[C@@H](C)CN1C(=O)C(=O)Nc1cncc(C(N)=O)c1. The van der Waals surface area contributed by atoms with Crippen LogP contribution in [-0.2, 0) is 9.59 Å². The minimum atomic E-state index is -0.857. The van der Waals surface area contributed by atoms with Crippen LogP contribution >= 0.6 is 0 Å². The third-order valence-electron chi connectivity index (χ3n) is 4.71. The Morgan fingerprint density at radius 1 is 1.31 bits per heavy atom. The first kappa shape index (κ1) is 22.0. The molecule has 2 heterocycles. The van der Waals surface area contributed by atoms with E-state index in [-0.39, 0.29) is 17.2 Å². The molecule has 1 aromatic rings. The Morgan fingerprint density at radius 3 is 2.69 bits per heavy atom. The molecule has 0 aromatic carbocycles. The van der Waals surface area contributed by atoms with Crippen LogP contribution in [0.25, 0.3) is 0 Å². The van der Waals surface area contributed by atoms with Crippen molar-refractivity contribution < 1.29 is 18.8 Å². The average molecular weight is 400 g/mol. The van der Waals surface area contributed by atoms with E-state index in [1.807, 2.05) is 6.92 Å². The largest absolute Gasteiger partial charge is 0.366 e. The molecule has 7 nitrogen and oxygen atoms in total. The van der Waals surface area contributed by atoms with E-state index in [2.05, 4.69) is 16.9 Å². The molecule has 0 unspecified atom stereocenters. The van der Waals surface area contributed by atoms with Crippen molar-refractivity contribution in [2.24, 2.45) is 11.7 Å². The summed E-state index contributed by atoms with van der Waals surface area (Å²) in [6.45, 7) is 7.90. The fourth-order valence-corrected chi connectivity index (χ4v) is 3.11. The number of allylic oxidation sites excluding steroid dienone is 3. The van der Waals surface area contributed by atoms with Crippen molar-refractivity contribution in [1.82, 2.24) is 9.88 Å². The molecule has 1 saturated heterocycles. The predicted molar refractivity (Wildman–Crippen MR) is 108 cm³/mol. The highest BCUT2D eigenvalue weighted by molar-refractivity contribution is 6.39. The summed E-state index contributed by atoms with van der Waals surface area (Å²) in [7, 11) is 0. The van der Waals surface area contributed by atoms with Crippen molar-refractivity contribution in [3.05, 3.63) is 60.2 Å². The minimum absolute atomic E-state index is 0.115. The zero-order chi connectivity index (χ0) is 21.6. The lowest BCUT2D eigenvalue weighted by molar-refractivity contribution is -0.145. The van der Waals surface area contributed by atoms with Gasteiger partial charge in [-0.05, 0) is 43.4 Å². The van der Waals surface area contributed by atoms with Gasteiger partial charge in [0.05, 0.1) is 23.5 Å². The number of nitrogens with one attached hydrogen (secondary N) is 1.